The number of carbonyl (C=O) groups excluding carboxylic acids is 2. The molecule has 0 aromatic carbocycles. The maximum absolute atomic E-state index is 12.7. The van der Waals surface area contributed by atoms with Crippen molar-refractivity contribution in [2.45, 2.75) is 50.4 Å². The Morgan fingerprint density at radius 2 is 1.90 bits per heavy atom. The van der Waals surface area contributed by atoms with Crippen molar-refractivity contribution in [2.75, 3.05) is 19.7 Å². The molecule has 0 bridgehead atoms. The van der Waals surface area contributed by atoms with E-state index in [0.29, 0.717) is 50.3 Å². The van der Waals surface area contributed by atoms with E-state index in [1.807, 2.05) is 6.92 Å². The van der Waals surface area contributed by atoms with Crippen LogP contribution >= 0.6 is 0 Å². The molecular weight excluding hydrogens is 390 g/mol. The normalized spacial score (nSPS) is 25.8. The number of piperidine rings is 1. The van der Waals surface area contributed by atoms with Gasteiger partial charge in [-0.3, -0.25) is 9.59 Å². The van der Waals surface area contributed by atoms with Gasteiger partial charge in [0.05, 0.1) is 16.7 Å². The molecule has 2 aliphatic rings. The summed E-state index contributed by atoms with van der Waals surface area (Å²) in [6.45, 7) is 4.79. The molecule has 1 spiro atoms. The third-order valence-corrected chi connectivity index (χ3v) is 6.10. The predicted octanol–water partition coefficient (Wildman–Crippen LogP) is 0.718. The molecule has 2 atom stereocenters. The predicted molar refractivity (Wildman–Crippen MR) is 104 cm³/mol. The van der Waals surface area contributed by atoms with E-state index >= 15 is 0 Å². The summed E-state index contributed by atoms with van der Waals surface area (Å²) in [7, 11) is 0. The number of oxazole rings is 1. The molecule has 10 nitrogen and oxygen atoms in total. The van der Waals surface area contributed by atoms with E-state index in [9.17, 15) is 14.7 Å². The minimum Gasteiger partial charge on any atom is -0.451 e. The van der Waals surface area contributed by atoms with Crippen LogP contribution in [-0.4, -0.2) is 73.7 Å². The van der Waals surface area contributed by atoms with Gasteiger partial charge in [-0.25, -0.2) is 15.0 Å². The van der Waals surface area contributed by atoms with Crippen molar-refractivity contribution in [3.05, 3.63) is 42.1 Å². The van der Waals surface area contributed by atoms with Crippen molar-refractivity contribution in [3.8, 4) is 0 Å². The van der Waals surface area contributed by atoms with Crippen molar-refractivity contribution in [2.24, 2.45) is 0 Å². The number of hydrogen-bond acceptors (Lipinski definition) is 8. The summed E-state index contributed by atoms with van der Waals surface area (Å²) in [6, 6.07) is 0. The Morgan fingerprint density at radius 3 is 2.53 bits per heavy atom. The summed E-state index contributed by atoms with van der Waals surface area (Å²) in [6.07, 6.45) is 5.93. The van der Waals surface area contributed by atoms with Crippen molar-refractivity contribution >= 4 is 11.8 Å². The summed E-state index contributed by atoms with van der Waals surface area (Å²) >= 11 is 0. The molecule has 30 heavy (non-hydrogen) atoms. The fourth-order valence-corrected chi connectivity index (χ4v) is 4.22. The smallest absolute Gasteiger partial charge is 0.275 e. The largest absolute Gasteiger partial charge is 0.451 e. The van der Waals surface area contributed by atoms with Gasteiger partial charge in [0.15, 0.2) is 12.1 Å². The Hall–Kier alpha value is -2.85. The lowest BCUT2D eigenvalue weighted by Crippen LogP contribution is -2.69. The molecular formula is C20H25N5O5. The monoisotopic (exact) mass is 415 g/mol. The zero-order valence-corrected chi connectivity index (χ0v) is 17.0. The lowest BCUT2D eigenvalue weighted by molar-refractivity contribution is -0.203. The summed E-state index contributed by atoms with van der Waals surface area (Å²) < 4.78 is 10.9. The molecule has 2 N–H and O–H groups in total. The second-order valence-corrected chi connectivity index (χ2v) is 8.12. The molecule has 10 heteroatoms. The number of aliphatic hydroxyl groups is 1. The van der Waals surface area contributed by atoms with Crippen molar-refractivity contribution in [1.29, 1.82) is 0 Å². The van der Waals surface area contributed by atoms with E-state index in [2.05, 4.69) is 20.3 Å². The first-order valence-corrected chi connectivity index (χ1v) is 9.94. The molecule has 0 aliphatic carbocycles. The van der Waals surface area contributed by atoms with Gasteiger partial charge in [-0.1, -0.05) is 0 Å². The first-order chi connectivity index (χ1) is 14.3. The van der Waals surface area contributed by atoms with E-state index in [4.69, 9.17) is 9.15 Å². The number of carbonyl (C=O) groups is 2. The highest BCUT2D eigenvalue weighted by Crippen LogP contribution is 2.40. The summed E-state index contributed by atoms with van der Waals surface area (Å²) in [5, 5.41) is 14.2. The molecule has 2 amide bonds. The Kier molecular flexibility index (Phi) is 5.29. The molecule has 0 unspecified atom stereocenters. The van der Waals surface area contributed by atoms with Crippen LogP contribution < -0.4 is 5.32 Å². The lowest BCUT2D eigenvalue weighted by atomic mass is 9.73. The fraction of sp³-hybridized carbons (Fsp3) is 0.550. The topological polar surface area (TPSA) is 131 Å². The van der Waals surface area contributed by atoms with Crippen LogP contribution in [-0.2, 0) is 4.74 Å². The van der Waals surface area contributed by atoms with Gasteiger partial charge in [0.25, 0.3) is 11.8 Å². The standard InChI is InChI=1S/C20H25N5O5/c1-13-21-9-14(10-22-13)16(26)24-19(2)5-8-30-20(18(19)28)3-6-25(7-4-20)17(27)15-11-29-12-23-15/h9-12,18,28H,3-8H2,1-2H3,(H,24,26)/t18-,19+/m1/s1. The van der Waals surface area contributed by atoms with E-state index in [1.54, 1.807) is 11.8 Å². The van der Waals surface area contributed by atoms with Crippen molar-refractivity contribution < 1.29 is 23.8 Å². The molecule has 0 saturated carbocycles. The number of aryl methyl sites for hydroxylation is 1. The summed E-state index contributed by atoms with van der Waals surface area (Å²) in [5.74, 6) is 0.0290. The number of hydrogen-bond donors (Lipinski definition) is 2. The second-order valence-electron chi connectivity index (χ2n) is 8.12. The molecule has 160 valence electrons. The van der Waals surface area contributed by atoms with Gasteiger partial charge in [-0.15, -0.1) is 0 Å². The Bertz CT molecular complexity index is 908. The number of amides is 2. The molecule has 0 radical (unpaired) electrons. The minimum atomic E-state index is -0.932. The highest BCUT2D eigenvalue weighted by atomic mass is 16.5. The Labute approximate surface area is 173 Å². The van der Waals surface area contributed by atoms with Gasteiger partial charge in [-0.05, 0) is 33.1 Å². The van der Waals surface area contributed by atoms with Gasteiger partial charge in [-0.2, -0.15) is 0 Å². The van der Waals surface area contributed by atoms with E-state index in [1.165, 1.54) is 25.1 Å². The van der Waals surface area contributed by atoms with Crippen LogP contribution in [0.3, 0.4) is 0 Å². The van der Waals surface area contributed by atoms with Gasteiger partial charge in [0, 0.05) is 32.1 Å². The summed E-state index contributed by atoms with van der Waals surface area (Å²) in [4.78, 5) is 38.9. The number of nitrogens with one attached hydrogen (secondary N) is 1. The molecule has 2 saturated heterocycles. The van der Waals surface area contributed by atoms with Crippen LogP contribution in [0, 0.1) is 6.92 Å². The first kappa shape index (κ1) is 20.4. The SMILES string of the molecule is Cc1ncc(C(=O)N[C@@]2(C)CCOC3(CCN(C(=O)c4cocn4)CC3)[C@@H]2O)cn1. The van der Waals surface area contributed by atoms with E-state index in [-0.39, 0.29) is 17.5 Å². The number of ether oxygens (including phenoxy) is 1. The summed E-state index contributed by atoms with van der Waals surface area (Å²) in [5.41, 5.74) is -1.11. The highest BCUT2D eigenvalue weighted by Gasteiger charge is 2.54. The van der Waals surface area contributed by atoms with Crippen molar-refractivity contribution in [3.63, 3.8) is 0 Å². The maximum Gasteiger partial charge on any atom is 0.275 e. The molecule has 2 aromatic heterocycles. The van der Waals surface area contributed by atoms with Gasteiger partial charge in [0.2, 0.25) is 0 Å². The lowest BCUT2D eigenvalue weighted by Gasteiger charge is -2.53. The third kappa shape index (κ3) is 3.68. The number of aliphatic hydroxyl groups excluding tert-OH is 1. The first-order valence-electron chi connectivity index (χ1n) is 9.94. The zero-order valence-electron chi connectivity index (χ0n) is 17.0. The quantitative estimate of drug-likeness (QED) is 0.750. The van der Waals surface area contributed by atoms with Crippen LogP contribution in [0.1, 0.15) is 52.9 Å². The van der Waals surface area contributed by atoms with Crippen LogP contribution in [0.15, 0.2) is 29.5 Å². The minimum absolute atomic E-state index is 0.209. The van der Waals surface area contributed by atoms with E-state index < -0.39 is 17.2 Å². The van der Waals surface area contributed by atoms with Crippen LogP contribution in [0.5, 0.6) is 0 Å². The molecule has 2 fully saturated rings. The average molecular weight is 415 g/mol. The van der Waals surface area contributed by atoms with Gasteiger partial charge in [0.1, 0.15) is 18.2 Å². The fourth-order valence-electron chi connectivity index (χ4n) is 4.22. The van der Waals surface area contributed by atoms with Crippen molar-refractivity contribution in [1.82, 2.24) is 25.2 Å². The molecule has 2 aromatic rings. The van der Waals surface area contributed by atoms with Crippen LogP contribution in [0.4, 0.5) is 0 Å². The molecule has 4 heterocycles. The van der Waals surface area contributed by atoms with Crippen LogP contribution in [0.25, 0.3) is 0 Å². The third-order valence-electron chi connectivity index (χ3n) is 6.10. The molecule has 4 rings (SSSR count). The number of likely N-dealkylation sites (tertiary alicyclic amines) is 1. The van der Waals surface area contributed by atoms with Gasteiger partial charge < -0.3 is 24.5 Å². The Balaban J connectivity index is 1.45. The second kappa shape index (κ2) is 7.77. The zero-order chi connectivity index (χ0) is 21.4. The van der Waals surface area contributed by atoms with Gasteiger partial charge >= 0.3 is 0 Å². The highest BCUT2D eigenvalue weighted by molar-refractivity contribution is 5.94. The molecule has 2 aliphatic heterocycles. The number of nitrogens with zero attached hydrogens (tertiary/aromatic N) is 4. The Morgan fingerprint density at radius 1 is 1.20 bits per heavy atom. The number of rotatable bonds is 3. The maximum atomic E-state index is 12.7. The average Bonchev–Trinajstić information content (AvgIpc) is 3.27. The number of aromatic nitrogens is 3. The van der Waals surface area contributed by atoms with Crippen LogP contribution in [0.2, 0.25) is 0 Å². The van der Waals surface area contributed by atoms with E-state index in [0.717, 1.165) is 0 Å².